The Morgan fingerprint density at radius 2 is 1.89 bits per heavy atom. The van der Waals surface area contributed by atoms with Gasteiger partial charge < -0.3 is 19.8 Å². The van der Waals surface area contributed by atoms with Crippen LogP contribution >= 0.6 is 0 Å². The summed E-state index contributed by atoms with van der Waals surface area (Å²) < 4.78 is 24.5. The number of hydrogen-bond acceptors (Lipinski definition) is 4. The second-order valence-electron chi connectivity index (χ2n) is 5.79. The molecule has 0 unspecified atom stereocenters. The molecule has 0 aliphatic rings. The van der Waals surface area contributed by atoms with Gasteiger partial charge in [-0.3, -0.25) is 9.59 Å². The number of anilines is 1. The number of ether oxygens (including phenoxy) is 2. The molecule has 27 heavy (non-hydrogen) atoms. The maximum atomic E-state index is 13.9. The molecule has 0 bridgehead atoms. The highest BCUT2D eigenvalue weighted by Gasteiger charge is 2.15. The van der Waals surface area contributed by atoms with Crippen LogP contribution in [0.25, 0.3) is 0 Å². The zero-order chi connectivity index (χ0) is 19.4. The number of amides is 1. The van der Waals surface area contributed by atoms with E-state index in [1.807, 2.05) is 6.92 Å². The van der Waals surface area contributed by atoms with Gasteiger partial charge in [-0.25, -0.2) is 4.39 Å². The minimum absolute atomic E-state index is 0.0962. The number of pyridine rings is 1. The van der Waals surface area contributed by atoms with Crippen molar-refractivity contribution in [3.8, 4) is 17.2 Å². The van der Waals surface area contributed by atoms with Gasteiger partial charge in [0.2, 0.25) is 5.56 Å². The smallest absolute Gasteiger partial charge is 0.259 e. The topological polar surface area (TPSA) is 80.4 Å². The van der Waals surface area contributed by atoms with Crippen LogP contribution in [0.2, 0.25) is 0 Å². The number of H-pyrrole nitrogens is 1. The zero-order valence-corrected chi connectivity index (χ0v) is 14.7. The first-order chi connectivity index (χ1) is 13.0. The Hall–Kier alpha value is -3.61. The maximum absolute atomic E-state index is 13.9. The van der Waals surface area contributed by atoms with Crippen molar-refractivity contribution < 1.29 is 18.7 Å². The Kier molecular flexibility index (Phi) is 5.21. The summed E-state index contributed by atoms with van der Waals surface area (Å²) >= 11 is 0. The van der Waals surface area contributed by atoms with Crippen LogP contribution in [-0.2, 0) is 0 Å². The second-order valence-corrected chi connectivity index (χ2v) is 5.79. The molecular weight excluding hydrogens is 351 g/mol. The van der Waals surface area contributed by atoms with E-state index in [0.717, 1.165) is 5.56 Å². The van der Waals surface area contributed by atoms with E-state index in [2.05, 4.69) is 10.3 Å². The van der Waals surface area contributed by atoms with Gasteiger partial charge in [0.15, 0.2) is 11.6 Å². The third kappa shape index (κ3) is 4.33. The minimum atomic E-state index is -0.572. The van der Waals surface area contributed by atoms with Gasteiger partial charge >= 0.3 is 0 Å². The normalized spacial score (nSPS) is 10.3. The molecule has 2 N–H and O–H groups in total. The molecule has 3 aromatic rings. The van der Waals surface area contributed by atoms with Crippen molar-refractivity contribution in [2.45, 2.75) is 6.92 Å². The molecule has 2 aromatic carbocycles. The molecule has 1 aromatic heterocycles. The highest BCUT2D eigenvalue weighted by atomic mass is 19.1. The SMILES string of the molecule is COc1ccc(Oc2cc(C)ccc2C(=O)Nc2cc[nH]c(=O)c2)cc1F. The van der Waals surface area contributed by atoms with Crippen LogP contribution in [0.15, 0.2) is 59.5 Å². The third-order valence-electron chi connectivity index (χ3n) is 3.77. The summed E-state index contributed by atoms with van der Waals surface area (Å²) in [7, 11) is 1.37. The molecule has 6 nitrogen and oxygen atoms in total. The van der Waals surface area contributed by atoms with Crippen LogP contribution in [0.3, 0.4) is 0 Å². The number of carbonyl (C=O) groups excluding carboxylic acids is 1. The fourth-order valence-electron chi connectivity index (χ4n) is 2.46. The molecule has 138 valence electrons. The molecule has 0 radical (unpaired) electrons. The fraction of sp³-hybridized carbons (Fsp3) is 0.100. The van der Waals surface area contributed by atoms with E-state index in [-0.39, 0.29) is 28.4 Å². The number of nitrogens with one attached hydrogen (secondary N) is 2. The molecule has 0 aliphatic heterocycles. The molecule has 1 amide bonds. The van der Waals surface area contributed by atoms with E-state index in [1.54, 1.807) is 30.3 Å². The number of hydrogen-bond donors (Lipinski definition) is 2. The number of benzene rings is 2. The van der Waals surface area contributed by atoms with Crippen molar-refractivity contribution in [1.29, 1.82) is 0 Å². The van der Waals surface area contributed by atoms with Gasteiger partial charge in [-0.1, -0.05) is 6.07 Å². The Balaban J connectivity index is 1.89. The van der Waals surface area contributed by atoms with Gasteiger partial charge in [-0.2, -0.15) is 0 Å². The third-order valence-corrected chi connectivity index (χ3v) is 3.77. The lowest BCUT2D eigenvalue weighted by Crippen LogP contribution is -2.15. The highest BCUT2D eigenvalue weighted by molar-refractivity contribution is 6.06. The molecule has 0 saturated heterocycles. The van der Waals surface area contributed by atoms with Gasteiger partial charge in [0.05, 0.1) is 12.7 Å². The number of aromatic nitrogens is 1. The lowest BCUT2D eigenvalue weighted by Gasteiger charge is -2.13. The molecular formula is C20H17FN2O4. The molecule has 0 aliphatic carbocycles. The van der Waals surface area contributed by atoms with Crippen LogP contribution in [0.1, 0.15) is 15.9 Å². The lowest BCUT2D eigenvalue weighted by molar-refractivity contribution is 0.102. The first-order valence-corrected chi connectivity index (χ1v) is 8.08. The molecule has 0 fully saturated rings. The molecule has 1 heterocycles. The van der Waals surface area contributed by atoms with Gasteiger partial charge in [0.25, 0.3) is 5.91 Å². The van der Waals surface area contributed by atoms with Crippen molar-refractivity contribution in [1.82, 2.24) is 4.98 Å². The molecule has 0 saturated carbocycles. The van der Waals surface area contributed by atoms with Crippen molar-refractivity contribution in [2.75, 3.05) is 12.4 Å². The van der Waals surface area contributed by atoms with Crippen LogP contribution in [0.5, 0.6) is 17.2 Å². The van der Waals surface area contributed by atoms with Crippen LogP contribution in [-0.4, -0.2) is 18.0 Å². The van der Waals surface area contributed by atoms with Gasteiger partial charge in [0, 0.05) is 24.0 Å². The van der Waals surface area contributed by atoms with E-state index in [0.29, 0.717) is 5.69 Å². The largest absolute Gasteiger partial charge is 0.494 e. The maximum Gasteiger partial charge on any atom is 0.259 e. The number of aromatic amines is 1. The van der Waals surface area contributed by atoms with E-state index < -0.39 is 11.7 Å². The van der Waals surface area contributed by atoms with Crippen molar-refractivity contribution in [3.05, 3.63) is 82.0 Å². The molecule has 0 atom stereocenters. The summed E-state index contributed by atoms with van der Waals surface area (Å²) in [4.78, 5) is 26.5. The fourth-order valence-corrected chi connectivity index (χ4v) is 2.46. The number of aryl methyl sites for hydroxylation is 1. The Morgan fingerprint density at radius 3 is 2.59 bits per heavy atom. The molecule has 0 spiro atoms. The van der Waals surface area contributed by atoms with Crippen LogP contribution in [0.4, 0.5) is 10.1 Å². The number of methoxy groups -OCH3 is 1. The number of carbonyl (C=O) groups is 1. The van der Waals surface area contributed by atoms with E-state index >= 15 is 0 Å². The van der Waals surface area contributed by atoms with Crippen LogP contribution in [0, 0.1) is 12.7 Å². The average molecular weight is 368 g/mol. The van der Waals surface area contributed by atoms with Crippen molar-refractivity contribution in [2.24, 2.45) is 0 Å². The Morgan fingerprint density at radius 1 is 1.07 bits per heavy atom. The summed E-state index contributed by atoms with van der Waals surface area (Å²) in [5.41, 5.74) is 1.14. The average Bonchev–Trinajstić information content (AvgIpc) is 2.62. The van der Waals surface area contributed by atoms with Crippen molar-refractivity contribution in [3.63, 3.8) is 0 Å². The van der Waals surface area contributed by atoms with E-state index in [4.69, 9.17) is 9.47 Å². The van der Waals surface area contributed by atoms with Gasteiger partial charge in [-0.15, -0.1) is 0 Å². The summed E-state index contributed by atoms with van der Waals surface area (Å²) in [5, 5.41) is 2.64. The predicted octanol–water partition coefficient (Wildman–Crippen LogP) is 3.88. The number of rotatable bonds is 5. The van der Waals surface area contributed by atoms with Gasteiger partial charge in [-0.05, 0) is 42.8 Å². The Bertz CT molecular complexity index is 1050. The summed E-state index contributed by atoms with van der Waals surface area (Å²) in [6.45, 7) is 1.85. The summed E-state index contributed by atoms with van der Waals surface area (Å²) in [6, 6.07) is 12.0. The standard InChI is InChI=1S/C20H17FN2O4/c1-12-3-5-15(20(25)23-13-7-8-22-19(24)10-13)18(9-12)27-14-4-6-17(26-2)16(21)11-14/h3-11H,1-2H3,(H2,22,23,24,25). The minimum Gasteiger partial charge on any atom is -0.494 e. The molecule has 7 heteroatoms. The zero-order valence-electron chi connectivity index (χ0n) is 14.7. The summed E-state index contributed by atoms with van der Waals surface area (Å²) in [5.74, 6) is -0.438. The first kappa shape index (κ1) is 18.2. The number of halogens is 1. The second kappa shape index (κ2) is 7.74. The van der Waals surface area contributed by atoms with Crippen LogP contribution < -0.4 is 20.3 Å². The van der Waals surface area contributed by atoms with Crippen molar-refractivity contribution >= 4 is 11.6 Å². The highest BCUT2D eigenvalue weighted by Crippen LogP contribution is 2.30. The summed E-state index contributed by atoms with van der Waals surface area (Å²) in [6.07, 6.45) is 1.44. The lowest BCUT2D eigenvalue weighted by atomic mass is 10.1. The van der Waals surface area contributed by atoms with E-state index in [1.165, 1.54) is 31.5 Å². The quantitative estimate of drug-likeness (QED) is 0.716. The molecule has 3 rings (SSSR count). The van der Waals surface area contributed by atoms with Gasteiger partial charge in [0.1, 0.15) is 11.5 Å². The monoisotopic (exact) mass is 368 g/mol. The predicted molar refractivity (Wildman–Crippen MR) is 99.2 cm³/mol. The first-order valence-electron chi connectivity index (χ1n) is 8.08. The van der Waals surface area contributed by atoms with E-state index in [9.17, 15) is 14.0 Å². The Labute approximate surface area is 154 Å².